The van der Waals surface area contributed by atoms with Crippen molar-refractivity contribution in [2.24, 2.45) is 5.92 Å². The van der Waals surface area contributed by atoms with Crippen molar-refractivity contribution in [3.05, 3.63) is 88.8 Å². The van der Waals surface area contributed by atoms with Crippen LogP contribution in [0.25, 0.3) is 11.3 Å². The number of ketones is 1. The number of amides is 1. The third kappa shape index (κ3) is 5.77. The van der Waals surface area contributed by atoms with Gasteiger partial charge in [0.2, 0.25) is 17.6 Å². The van der Waals surface area contributed by atoms with Crippen LogP contribution in [-0.4, -0.2) is 49.5 Å². The van der Waals surface area contributed by atoms with Gasteiger partial charge in [0.15, 0.2) is 5.82 Å². The molecule has 2 N–H and O–H groups in total. The second-order valence-corrected chi connectivity index (χ2v) is 9.91. The van der Waals surface area contributed by atoms with Gasteiger partial charge in [-0.25, -0.2) is 4.98 Å². The summed E-state index contributed by atoms with van der Waals surface area (Å²) in [5.41, 5.74) is 0.715. The van der Waals surface area contributed by atoms with Gasteiger partial charge in [-0.15, -0.1) is 10.2 Å². The highest BCUT2D eigenvalue weighted by atomic mass is 16.4. The van der Waals surface area contributed by atoms with Crippen LogP contribution in [0.5, 0.6) is 0 Å². The van der Waals surface area contributed by atoms with Gasteiger partial charge >= 0.3 is 0 Å². The first-order valence-corrected chi connectivity index (χ1v) is 12.6. The number of anilines is 1. The van der Waals surface area contributed by atoms with Gasteiger partial charge in [-0.2, -0.15) is 0 Å². The van der Waals surface area contributed by atoms with E-state index in [9.17, 15) is 14.4 Å². The average molecular weight is 530 g/mol. The van der Waals surface area contributed by atoms with E-state index in [0.29, 0.717) is 11.4 Å². The zero-order valence-electron chi connectivity index (χ0n) is 22.5. The van der Waals surface area contributed by atoms with Gasteiger partial charge in [-0.05, 0) is 37.5 Å². The molecule has 0 spiro atoms. The Bertz CT molecular complexity index is 1510. The second-order valence-electron chi connectivity index (χ2n) is 9.91. The number of nitrogens with one attached hydrogen (secondary N) is 2. The summed E-state index contributed by atoms with van der Waals surface area (Å²) in [6.07, 6.45) is 3.20. The van der Waals surface area contributed by atoms with Crippen LogP contribution in [0.3, 0.4) is 0 Å². The lowest BCUT2D eigenvalue weighted by molar-refractivity contribution is -0.122. The summed E-state index contributed by atoms with van der Waals surface area (Å²) in [5, 5.41) is 13.6. The average Bonchev–Trinajstić information content (AvgIpc) is 3.45. The standard InChI is InChI=1S/C28H31N7O4/c1-17(2)22(23(37)25-33-34-27(39-25)28(3,4)20-13-9-10-14-30-20)32-21(36)16-35-19(18-11-7-6-8-12-18)15-31-24(29-5)26(35)38/h6-15,17,22H,16H2,1-5H3,(H,29,31)(H,32,36). The van der Waals surface area contributed by atoms with Crippen LogP contribution in [0, 0.1) is 5.92 Å². The topological polar surface area (TPSA) is 145 Å². The summed E-state index contributed by atoms with van der Waals surface area (Å²) < 4.78 is 7.11. The monoisotopic (exact) mass is 529 g/mol. The smallest absolute Gasteiger partial charge is 0.294 e. The van der Waals surface area contributed by atoms with Crippen LogP contribution in [0.2, 0.25) is 0 Å². The van der Waals surface area contributed by atoms with E-state index < -0.39 is 28.7 Å². The first-order valence-electron chi connectivity index (χ1n) is 12.6. The molecule has 0 radical (unpaired) electrons. The minimum absolute atomic E-state index is 0.105. The number of carbonyl (C=O) groups excluding carboxylic acids is 2. The molecule has 0 fully saturated rings. The van der Waals surface area contributed by atoms with Crippen molar-refractivity contribution in [1.82, 2.24) is 30.0 Å². The number of benzene rings is 1. The van der Waals surface area contributed by atoms with E-state index in [0.717, 1.165) is 5.56 Å². The van der Waals surface area contributed by atoms with Gasteiger partial charge in [0, 0.05) is 13.2 Å². The van der Waals surface area contributed by atoms with Crippen molar-refractivity contribution in [2.75, 3.05) is 12.4 Å². The molecule has 0 saturated heterocycles. The predicted octanol–water partition coefficient (Wildman–Crippen LogP) is 3.08. The summed E-state index contributed by atoms with van der Waals surface area (Å²) in [7, 11) is 1.58. The van der Waals surface area contributed by atoms with Crippen LogP contribution >= 0.6 is 0 Å². The predicted molar refractivity (Wildman–Crippen MR) is 145 cm³/mol. The van der Waals surface area contributed by atoms with Crippen molar-refractivity contribution in [2.45, 2.75) is 45.7 Å². The molecule has 3 aromatic heterocycles. The highest BCUT2D eigenvalue weighted by Gasteiger charge is 2.35. The zero-order chi connectivity index (χ0) is 28.2. The third-order valence-electron chi connectivity index (χ3n) is 6.40. The van der Waals surface area contributed by atoms with Crippen molar-refractivity contribution >= 4 is 17.5 Å². The Morgan fingerprint density at radius 1 is 1.03 bits per heavy atom. The van der Waals surface area contributed by atoms with E-state index in [1.807, 2.05) is 56.3 Å². The largest absolute Gasteiger partial charge is 0.417 e. The molecule has 11 heteroatoms. The first kappa shape index (κ1) is 27.4. The Balaban J connectivity index is 1.57. The third-order valence-corrected chi connectivity index (χ3v) is 6.40. The lowest BCUT2D eigenvalue weighted by Crippen LogP contribution is -2.46. The number of aromatic nitrogens is 5. The van der Waals surface area contributed by atoms with Crippen LogP contribution in [0.4, 0.5) is 5.82 Å². The van der Waals surface area contributed by atoms with Gasteiger partial charge < -0.3 is 15.1 Å². The van der Waals surface area contributed by atoms with E-state index in [1.165, 1.54) is 10.8 Å². The van der Waals surface area contributed by atoms with Gasteiger partial charge in [0.1, 0.15) is 6.54 Å². The molecule has 39 heavy (non-hydrogen) atoms. The highest BCUT2D eigenvalue weighted by molar-refractivity contribution is 5.98. The Morgan fingerprint density at radius 2 is 1.74 bits per heavy atom. The molecule has 4 rings (SSSR count). The number of nitrogens with zero attached hydrogens (tertiary/aromatic N) is 5. The molecule has 0 saturated carbocycles. The molecule has 0 aliphatic rings. The molecule has 1 unspecified atom stereocenters. The normalized spacial score (nSPS) is 12.3. The SMILES string of the molecule is CNc1ncc(-c2ccccc2)n(CC(=O)NC(C(=O)c2nnc(C(C)(C)c3ccccn3)o2)C(C)C)c1=O. The zero-order valence-corrected chi connectivity index (χ0v) is 22.5. The second kappa shape index (κ2) is 11.4. The molecular weight excluding hydrogens is 498 g/mol. The van der Waals surface area contributed by atoms with Crippen molar-refractivity contribution in [3.8, 4) is 11.3 Å². The number of rotatable bonds is 10. The Kier molecular flexibility index (Phi) is 7.99. The van der Waals surface area contributed by atoms with Gasteiger partial charge in [0.05, 0.1) is 29.0 Å². The van der Waals surface area contributed by atoms with Crippen molar-refractivity contribution in [1.29, 1.82) is 0 Å². The lowest BCUT2D eigenvalue weighted by atomic mass is 9.89. The first-order chi connectivity index (χ1) is 18.6. The number of hydrogen-bond acceptors (Lipinski definition) is 9. The maximum absolute atomic E-state index is 13.4. The van der Waals surface area contributed by atoms with E-state index in [1.54, 1.807) is 33.2 Å². The van der Waals surface area contributed by atoms with E-state index in [2.05, 4.69) is 30.8 Å². The number of pyridine rings is 1. The van der Waals surface area contributed by atoms with E-state index >= 15 is 0 Å². The molecule has 11 nitrogen and oxygen atoms in total. The van der Waals surface area contributed by atoms with Crippen LogP contribution in [0.1, 0.15) is 50.0 Å². The molecule has 3 heterocycles. The molecule has 1 atom stereocenters. The maximum Gasteiger partial charge on any atom is 0.294 e. The molecule has 0 aliphatic heterocycles. The fourth-order valence-corrected chi connectivity index (χ4v) is 4.10. The molecule has 0 aliphatic carbocycles. The fraction of sp³-hybridized carbons (Fsp3) is 0.321. The van der Waals surface area contributed by atoms with Gasteiger partial charge in [-0.3, -0.25) is 23.9 Å². The fourth-order valence-electron chi connectivity index (χ4n) is 4.10. The van der Waals surface area contributed by atoms with Crippen molar-refractivity contribution in [3.63, 3.8) is 0 Å². The summed E-state index contributed by atoms with van der Waals surface area (Å²) >= 11 is 0. The summed E-state index contributed by atoms with van der Waals surface area (Å²) in [6.45, 7) is 7.01. The summed E-state index contributed by atoms with van der Waals surface area (Å²) in [6, 6.07) is 13.7. The Hall–Kier alpha value is -4.67. The Labute approximate surface area is 225 Å². The lowest BCUT2D eigenvalue weighted by Gasteiger charge is -2.21. The van der Waals surface area contributed by atoms with Crippen molar-refractivity contribution < 1.29 is 14.0 Å². The van der Waals surface area contributed by atoms with E-state index in [-0.39, 0.29) is 30.1 Å². The summed E-state index contributed by atoms with van der Waals surface area (Å²) in [5.74, 6) is -1.22. The number of carbonyl (C=O) groups is 2. The van der Waals surface area contributed by atoms with Gasteiger partial charge in [-0.1, -0.05) is 50.2 Å². The van der Waals surface area contributed by atoms with E-state index in [4.69, 9.17) is 4.42 Å². The van der Waals surface area contributed by atoms with Crippen LogP contribution < -0.4 is 16.2 Å². The Morgan fingerprint density at radius 3 is 2.38 bits per heavy atom. The van der Waals surface area contributed by atoms with Gasteiger partial charge in [0.25, 0.3) is 11.4 Å². The van der Waals surface area contributed by atoms with Crippen LogP contribution in [0.15, 0.2) is 70.1 Å². The molecule has 202 valence electrons. The summed E-state index contributed by atoms with van der Waals surface area (Å²) in [4.78, 5) is 48.2. The van der Waals surface area contributed by atoms with Crippen LogP contribution in [-0.2, 0) is 16.8 Å². The number of Topliss-reactive ketones (excluding diaryl/α,β-unsaturated/α-hetero) is 1. The minimum atomic E-state index is -0.953. The number of hydrogen-bond donors (Lipinski definition) is 2. The molecule has 1 aromatic carbocycles. The quantitative estimate of drug-likeness (QED) is 0.296. The maximum atomic E-state index is 13.4. The molecule has 0 bridgehead atoms. The molecule has 4 aromatic rings. The molecule has 1 amide bonds. The minimum Gasteiger partial charge on any atom is -0.417 e. The molecular formula is C28H31N7O4. The highest BCUT2D eigenvalue weighted by Crippen LogP contribution is 2.29.